The molecule has 2 atom stereocenters. The molecule has 1 aromatic carbocycles. The van der Waals surface area contributed by atoms with Gasteiger partial charge in [-0.2, -0.15) is 0 Å². The van der Waals surface area contributed by atoms with Crippen LogP contribution in [-0.4, -0.2) is 24.6 Å². The Bertz CT molecular complexity index is 395. The van der Waals surface area contributed by atoms with E-state index >= 15 is 0 Å². The van der Waals surface area contributed by atoms with Gasteiger partial charge in [0.2, 0.25) is 5.91 Å². The fraction of sp³-hybridized carbons (Fsp3) is 0.533. The summed E-state index contributed by atoms with van der Waals surface area (Å²) in [5.74, 6) is 0.700. The second kappa shape index (κ2) is 9.61. The van der Waals surface area contributed by atoms with E-state index in [1.807, 2.05) is 45.0 Å². The van der Waals surface area contributed by atoms with Gasteiger partial charge in [0.05, 0.1) is 12.6 Å². The van der Waals surface area contributed by atoms with Gasteiger partial charge in [0, 0.05) is 0 Å². The molecule has 0 bridgehead atoms. The molecule has 0 saturated heterocycles. The molecule has 1 aromatic rings. The summed E-state index contributed by atoms with van der Waals surface area (Å²) in [6.45, 7) is 6.43. The number of amides is 1. The Morgan fingerprint density at radius 1 is 1.35 bits per heavy atom. The minimum Gasteiger partial charge on any atom is -0.489 e. The molecule has 1 rings (SSSR count). The van der Waals surface area contributed by atoms with Gasteiger partial charge in [0.25, 0.3) is 0 Å². The molecule has 0 aromatic heterocycles. The number of hydrogen-bond donors (Lipinski definition) is 2. The molecule has 5 heteroatoms. The fourth-order valence-corrected chi connectivity index (χ4v) is 1.71. The first-order valence-corrected chi connectivity index (χ1v) is 6.79. The summed E-state index contributed by atoms with van der Waals surface area (Å²) in [5, 5.41) is 2.81. The van der Waals surface area contributed by atoms with Crippen molar-refractivity contribution in [2.45, 2.75) is 45.8 Å². The zero-order valence-corrected chi connectivity index (χ0v) is 13.2. The van der Waals surface area contributed by atoms with Gasteiger partial charge in [-0.15, -0.1) is 12.4 Å². The number of hydrogen-bond acceptors (Lipinski definition) is 3. The van der Waals surface area contributed by atoms with Gasteiger partial charge in [0.1, 0.15) is 11.9 Å². The van der Waals surface area contributed by atoms with E-state index in [4.69, 9.17) is 10.5 Å². The molecule has 3 N–H and O–H groups in total. The summed E-state index contributed by atoms with van der Waals surface area (Å²) in [7, 11) is 0. The van der Waals surface area contributed by atoms with Gasteiger partial charge >= 0.3 is 0 Å². The average Bonchev–Trinajstić information content (AvgIpc) is 2.39. The maximum atomic E-state index is 11.6. The number of rotatable bonds is 7. The van der Waals surface area contributed by atoms with E-state index in [1.54, 1.807) is 0 Å². The van der Waals surface area contributed by atoms with Crippen molar-refractivity contribution < 1.29 is 9.53 Å². The van der Waals surface area contributed by atoms with Crippen LogP contribution in [0.1, 0.15) is 32.3 Å². The number of nitrogens with two attached hydrogens (primary N) is 1. The first-order chi connectivity index (χ1) is 9.02. The molecule has 0 spiro atoms. The van der Waals surface area contributed by atoms with E-state index in [2.05, 4.69) is 5.32 Å². The highest BCUT2D eigenvalue weighted by molar-refractivity contribution is 5.85. The van der Waals surface area contributed by atoms with Crippen LogP contribution >= 0.6 is 12.4 Å². The molecule has 20 heavy (non-hydrogen) atoms. The lowest BCUT2D eigenvalue weighted by Gasteiger charge is -2.17. The van der Waals surface area contributed by atoms with E-state index in [-0.39, 0.29) is 24.4 Å². The van der Waals surface area contributed by atoms with Crippen LogP contribution in [0.4, 0.5) is 0 Å². The van der Waals surface area contributed by atoms with Crippen molar-refractivity contribution in [1.29, 1.82) is 0 Å². The van der Waals surface area contributed by atoms with Crippen molar-refractivity contribution in [2.24, 2.45) is 5.73 Å². The third-order valence-corrected chi connectivity index (χ3v) is 2.86. The molecule has 4 nitrogen and oxygen atoms in total. The zero-order valence-electron chi connectivity index (χ0n) is 12.4. The molecule has 0 heterocycles. The molecular formula is C15H25ClN2O2. The summed E-state index contributed by atoms with van der Waals surface area (Å²) < 4.78 is 5.70. The second-order valence-corrected chi connectivity index (χ2v) is 4.88. The molecule has 114 valence electrons. The van der Waals surface area contributed by atoms with Crippen LogP contribution in [0.3, 0.4) is 0 Å². The first-order valence-electron chi connectivity index (χ1n) is 6.79. The van der Waals surface area contributed by atoms with Crippen molar-refractivity contribution in [2.75, 3.05) is 6.54 Å². The number of carbonyl (C=O) groups is 1. The quantitative estimate of drug-likeness (QED) is 0.813. The molecule has 1 amide bonds. The Kier molecular flexibility index (Phi) is 9.01. The number of halogens is 1. The summed E-state index contributed by atoms with van der Waals surface area (Å²) in [6.07, 6.45) is 1.53. The summed E-state index contributed by atoms with van der Waals surface area (Å²) in [6, 6.07) is 7.43. The van der Waals surface area contributed by atoms with E-state index in [0.29, 0.717) is 13.0 Å². The average molecular weight is 301 g/mol. The maximum absolute atomic E-state index is 11.6. The number of ether oxygens (including phenoxy) is 1. The van der Waals surface area contributed by atoms with Crippen molar-refractivity contribution in [1.82, 2.24) is 5.32 Å². The molecule has 0 aliphatic carbocycles. The Hall–Kier alpha value is -1.26. The standard InChI is InChI=1S/C15H24N2O2.ClH/c1-4-5-14(16)15(18)17-10-12(3)19-13-8-6-11(2)7-9-13;/h6-9,12,14H,4-5,10,16H2,1-3H3,(H,17,18);1H. The van der Waals surface area contributed by atoms with E-state index in [9.17, 15) is 4.79 Å². The van der Waals surface area contributed by atoms with Gasteiger partial charge in [-0.1, -0.05) is 31.0 Å². The number of carbonyl (C=O) groups excluding carboxylic acids is 1. The third-order valence-electron chi connectivity index (χ3n) is 2.86. The van der Waals surface area contributed by atoms with Crippen molar-refractivity contribution >= 4 is 18.3 Å². The molecule has 0 saturated carbocycles. The lowest BCUT2D eigenvalue weighted by molar-refractivity contribution is -0.122. The molecule has 0 radical (unpaired) electrons. The van der Waals surface area contributed by atoms with Crippen molar-refractivity contribution in [3.8, 4) is 5.75 Å². The molecule has 0 fully saturated rings. The largest absolute Gasteiger partial charge is 0.489 e. The predicted octanol–water partition coefficient (Wildman–Crippen LogP) is 2.43. The lowest BCUT2D eigenvalue weighted by Crippen LogP contribution is -2.43. The second-order valence-electron chi connectivity index (χ2n) is 4.88. The Balaban J connectivity index is 0.00000361. The SMILES string of the molecule is CCCC(N)C(=O)NCC(C)Oc1ccc(C)cc1.Cl. The highest BCUT2D eigenvalue weighted by atomic mass is 35.5. The highest BCUT2D eigenvalue weighted by Crippen LogP contribution is 2.12. The van der Waals surface area contributed by atoms with Crippen LogP contribution in [0.25, 0.3) is 0 Å². The van der Waals surface area contributed by atoms with Crippen molar-refractivity contribution in [3.63, 3.8) is 0 Å². The Morgan fingerprint density at radius 3 is 2.50 bits per heavy atom. The smallest absolute Gasteiger partial charge is 0.237 e. The number of benzene rings is 1. The van der Waals surface area contributed by atoms with Crippen LogP contribution < -0.4 is 15.8 Å². The first kappa shape index (κ1) is 18.7. The van der Waals surface area contributed by atoms with Gasteiger partial charge < -0.3 is 15.8 Å². The van der Waals surface area contributed by atoms with E-state index in [0.717, 1.165) is 12.2 Å². The summed E-state index contributed by atoms with van der Waals surface area (Å²) in [5.41, 5.74) is 6.92. The fourth-order valence-electron chi connectivity index (χ4n) is 1.71. The third kappa shape index (κ3) is 6.78. The number of nitrogens with one attached hydrogen (secondary N) is 1. The summed E-state index contributed by atoms with van der Waals surface area (Å²) in [4.78, 5) is 11.6. The highest BCUT2D eigenvalue weighted by Gasteiger charge is 2.13. The van der Waals surface area contributed by atoms with Gasteiger partial charge in [-0.3, -0.25) is 4.79 Å². The molecule has 2 unspecified atom stereocenters. The normalized spacial score (nSPS) is 13.0. The lowest BCUT2D eigenvalue weighted by atomic mass is 10.1. The van der Waals surface area contributed by atoms with Crippen LogP contribution in [0.5, 0.6) is 5.75 Å². The van der Waals surface area contributed by atoms with Crippen LogP contribution in [0.15, 0.2) is 24.3 Å². The molecule has 0 aliphatic rings. The van der Waals surface area contributed by atoms with Crippen molar-refractivity contribution in [3.05, 3.63) is 29.8 Å². The van der Waals surface area contributed by atoms with Crippen LogP contribution in [0.2, 0.25) is 0 Å². The Labute approximate surface area is 127 Å². The van der Waals surface area contributed by atoms with Gasteiger partial charge in [0.15, 0.2) is 0 Å². The number of aryl methyl sites for hydroxylation is 1. The van der Waals surface area contributed by atoms with Gasteiger partial charge in [-0.05, 0) is 32.4 Å². The topological polar surface area (TPSA) is 64.4 Å². The monoisotopic (exact) mass is 300 g/mol. The maximum Gasteiger partial charge on any atom is 0.237 e. The molecular weight excluding hydrogens is 276 g/mol. The van der Waals surface area contributed by atoms with Gasteiger partial charge in [-0.25, -0.2) is 0 Å². The van der Waals surface area contributed by atoms with Crippen LogP contribution in [-0.2, 0) is 4.79 Å². The zero-order chi connectivity index (χ0) is 14.3. The Morgan fingerprint density at radius 2 is 1.95 bits per heavy atom. The minimum absolute atomic E-state index is 0. The van der Waals surface area contributed by atoms with Crippen LogP contribution in [0, 0.1) is 6.92 Å². The summed E-state index contributed by atoms with van der Waals surface area (Å²) >= 11 is 0. The van der Waals surface area contributed by atoms with E-state index < -0.39 is 6.04 Å². The van der Waals surface area contributed by atoms with E-state index in [1.165, 1.54) is 5.56 Å². The predicted molar refractivity (Wildman–Crippen MR) is 84.4 cm³/mol. The minimum atomic E-state index is -0.420. The molecule has 0 aliphatic heterocycles.